The summed E-state index contributed by atoms with van der Waals surface area (Å²) >= 11 is 0. The minimum absolute atomic E-state index is 0.0172. The summed E-state index contributed by atoms with van der Waals surface area (Å²) in [5.41, 5.74) is 0.490. The van der Waals surface area contributed by atoms with E-state index < -0.39 is 23.4 Å². The third-order valence-corrected chi connectivity index (χ3v) is 6.06. The van der Waals surface area contributed by atoms with Crippen LogP contribution < -0.4 is 0 Å². The van der Waals surface area contributed by atoms with Gasteiger partial charge in [-0.1, -0.05) is 6.07 Å². The first-order valence-electron chi connectivity index (χ1n) is 10.1. The summed E-state index contributed by atoms with van der Waals surface area (Å²) in [7, 11) is 1.51. The molecule has 2 aliphatic heterocycles. The molecule has 2 amide bonds. The average molecular weight is 417 g/mol. The largest absolute Gasteiger partial charge is 0.337 e. The molecule has 4 rings (SSSR count). The first kappa shape index (κ1) is 20.4. The summed E-state index contributed by atoms with van der Waals surface area (Å²) < 4.78 is 27.8. The zero-order valence-electron chi connectivity index (χ0n) is 17.1. The first-order valence-corrected chi connectivity index (χ1v) is 10.1. The molecule has 7 nitrogen and oxygen atoms in total. The minimum Gasteiger partial charge on any atom is -0.337 e. The SMILES string of the molecule is Cc1cccc(CN2CCC3(CCCN(C(=O)c4cn(C)nc4C(F)F)C3)C2=O)n1. The number of piperidine rings is 1. The maximum atomic E-state index is 13.3. The summed E-state index contributed by atoms with van der Waals surface area (Å²) in [6, 6.07) is 5.73. The minimum atomic E-state index is -2.82. The van der Waals surface area contributed by atoms with Crippen molar-refractivity contribution in [3.05, 3.63) is 47.0 Å². The van der Waals surface area contributed by atoms with E-state index >= 15 is 0 Å². The van der Waals surface area contributed by atoms with Crippen LogP contribution in [0, 0.1) is 12.3 Å². The normalized spacial score (nSPS) is 21.8. The molecule has 0 radical (unpaired) electrons. The van der Waals surface area contributed by atoms with E-state index in [1.54, 1.807) is 9.80 Å². The van der Waals surface area contributed by atoms with Gasteiger partial charge in [-0.15, -0.1) is 0 Å². The Morgan fingerprint density at radius 3 is 2.80 bits per heavy atom. The van der Waals surface area contributed by atoms with Crippen LogP contribution in [0.25, 0.3) is 0 Å². The number of carbonyl (C=O) groups is 2. The smallest absolute Gasteiger partial charge is 0.282 e. The Morgan fingerprint density at radius 2 is 2.07 bits per heavy atom. The van der Waals surface area contributed by atoms with Crippen molar-refractivity contribution in [1.29, 1.82) is 0 Å². The van der Waals surface area contributed by atoms with Crippen LogP contribution in [0.2, 0.25) is 0 Å². The molecule has 2 aromatic rings. The predicted octanol–water partition coefficient (Wildman–Crippen LogP) is 2.72. The molecule has 160 valence electrons. The number of hydrogen-bond acceptors (Lipinski definition) is 4. The third-order valence-electron chi connectivity index (χ3n) is 6.06. The lowest BCUT2D eigenvalue weighted by Gasteiger charge is -2.39. The van der Waals surface area contributed by atoms with Crippen molar-refractivity contribution in [3.8, 4) is 0 Å². The molecule has 0 saturated carbocycles. The lowest BCUT2D eigenvalue weighted by atomic mass is 9.78. The zero-order chi connectivity index (χ0) is 21.5. The van der Waals surface area contributed by atoms with Crippen LogP contribution >= 0.6 is 0 Å². The lowest BCUT2D eigenvalue weighted by molar-refractivity contribution is -0.138. The molecule has 2 fully saturated rings. The van der Waals surface area contributed by atoms with Crippen molar-refractivity contribution in [2.24, 2.45) is 12.5 Å². The summed E-state index contributed by atoms with van der Waals surface area (Å²) in [6.45, 7) is 3.65. The molecule has 0 N–H and O–H groups in total. The number of rotatable bonds is 4. The summed E-state index contributed by atoms with van der Waals surface area (Å²) in [5, 5.41) is 3.73. The first-order chi connectivity index (χ1) is 14.3. The Kier molecular flexibility index (Phi) is 5.29. The fraction of sp³-hybridized carbons (Fsp3) is 0.524. The van der Waals surface area contributed by atoms with E-state index in [0.29, 0.717) is 38.9 Å². The van der Waals surface area contributed by atoms with Crippen molar-refractivity contribution in [3.63, 3.8) is 0 Å². The van der Waals surface area contributed by atoms with Gasteiger partial charge in [-0.05, 0) is 38.3 Å². The molecule has 1 unspecified atom stereocenters. The van der Waals surface area contributed by atoms with E-state index in [1.165, 1.54) is 17.9 Å². The monoisotopic (exact) mass is 417 g/mol. The molecule has 9 heteroatoms. The van der Waals surface area contributed by atoms with Crippen LogP contribution in [0.5, 0.6) is 0 Å². The second kappa shape index (κ2) is 7.77. The summed E-state index contributed by atoms with van der Waals surface area (Å²) in [4.78, 5) is 34.1. The van der Waals surface area contributed by atoms with Crippen LogP contribution in [0.4, 0.5) is 8.78 Å². The molecule has 4 heterocycles. The highest BCUT2D eigenvalue weighted by Gasteiger charge is 2.50. The van der Waals surface area contributed by atoms with Gasteiger partial charge < -0.3 is 9.80 Å². The molecule has 2 aromatic heterocycles. The van der Waals surface area contributed by atoms with Crippen LogP contribution in [0.3, 0.4) is 0 Å². The van der Waals surface area contributed by atoms with Gasteiger partial charge in [0.15, 0.2) is 0 Å². The van der Waals surface area contributed by atoms with Gasteiger partial charge in [0.25, 0.3) is 12.3 Å². The maximum Gasteiger partial charge on any atom is 0.282 e. The van der Waals surface area contributed by atoms with E-state index in [0.717, 1.165) is 11.4 Å². The fourth-order valence-corrected chi connectivity index (χ4v) is 4.61. The molecule has 30 heavy (non-hydrogen) atoms. The highest BCUT2D eigenvalue weighted by Crippen LogP contribution is 2.41. The second-order valence-electron chi connectivity index (χ2n) is 8.26. The zero-order valence-corrected chi connectivity index (χ0v) is 17.1. The van der Waals surface area contributed by atoms with Crippen LogP contribution in [-0.4, -0.2) is 56.0 Å². The van der Waals surface area contributed by atoms with Gasteiger partial charge in [0.1, 0.15) is 5.69 Å². The van der Waals surface area contributed by atoms with Gasteiger partial charge in [-0.2, -0.15) is 5.10 Å². The Morgan fingerprint density at radius 1 is 1.27 bits per heavy atom. The number of pyridine rings is 1. The Bertz CT molecular complexity index is 976. The number of amides is 2. The van der Waals surface area contributed by atoms with Crippen molar-refractivity contribution in [2.75, 3.05) is 19.6 Å². The summed E-state index contributed by atoms with van der Waals surface area (Å²) in [5.74, 6) is -0.465. The van der Waals surface area contributed by atoms with E-state index in [1.807, 2.05) is 25.1 Å². The maximum absolute atomic E-state index is 13.3. The number of likely N-dealkylation sites (tertiary alicyclic amines) is 2. The number of hydrogen-bond donors (Lipinski definition) is 0. The molecular formula is C21H25F2N5O2. The average Bonchev–Trinajstić information content (AvgIpc) is 3.24. The van der Waals surface area contributed by atoms with Crippen molar-refractivity contribution in [2.45, 2.75) is 39.2 Å². The van der Waals surface area contributed by atoms with Crippen LogP contribution in [0.1, 0.15) is 53.1 Å². The fourth-order valence-electron chi connectivity index (χ4n) is 4.61. The predicted molar refractivity (Wildman–Crippen MR) is 105 cm³/mol. The highest BCUT2D eigenvalue weighted by atomic mass is 19.3. The van der Waals surface area contributed by atoms with Crippen LogP contribution in [-0.2, 0) is 18.4 Å². The number of aryl methyl sites for hydroxylation is 2. The van der Waals surface area contributed by atoms with Gasteiger partial charge in [0, 0.05) is 38.6 Å². The van der Waals surface area contributed by atoms with Gasteiger partial charge in [0.2, 0.25) is 5.91 Å². The third kappa shape index (κ3) is 3.68. The Labute approximate surface area is 173 Å². The molecule has 2 aliphatic rings. The molecule has 0 aromatic carbocycles. The van der Waals surface area contributed by atoms with E-state index in [2.05, 4.69) is 10.1 Å². The van der Waals surface area contributed by atoms with Crippen molar-refractivity contribution >= 4 is 11.8 Å². The Balaban J connectivity index is 1.51. The van der Waals surface area contributed by atoms with E-state index in [9.17, 15) is 18.4 Å². The topological polar surface area (TPSA) is 71.3 Å². The van der Waals surface area contributed by atoms with Gasteiger partial charge in [0.05, 0.1) is 23.2 Å². The van der Waals surface area contributed by atoms with Gasteiger partial charge in [-0.25, -0.2) is 8.78 Å². The van der Waals surface area contributed by atoms with Crippen LogP contribution in [0.15, 0.2) is 24.4 Å². The number of carbonyl (C=O) groups excluding carboxylic acids is 2. The van der Waals surface area contributed by atoms with Crippen molar-refractivity contribution in [1.82, 2.24) is 24.6 Å². The molecule has 0 aliphatic carbocycles. The number of halogens is 2. The standard InChI is InChI=1S/C21H25F2N5O2/c1-14-5-3-6-15(24-14)11-27-10-8-21(20(27)30)7-4-9-28(13-21)19(29)16-12-26(2)25-17(16)18(22)23/h3,5-6,12,18H,4,7-11,13H2,1-2H3. The number of alkyl halides is 2. The highest BCUT2D eigenvalue weighted by molar-refractivity contribution is 5.96. The van der Waals surface area contributed by atoms with E-state index in [-0.39, 0.29) is 18.0 Å². The van der Waals surface area contributed by atoms with Gasteiger partial charge >= 0.3 is 0 Å². The molecular weight excluding hydrogens is 392 g/mol. The molecule has 1 atom stereocenters. The Hall–Kier alpha value is -2.84. The van der Waals surface area contributed by atoms with E-state index in [4.69, 9.17) is 0 Å². The number of aromatic nitrogens is 3. The molecule has 2 saturated heterocycles. The second-order valence-corrected chi connectivity index (χ2v) is 8.26. The molecule has 0 bridgehead atoms. The van der Waals surface area contributed by atoms with Crippen molar-refractivity contribution < 1.29 is 18.4 Å². The molecule has 1 spiro atoms. The lowest BCUT2D eigenvalue weighted by Crippen LogP contribution is -2.49. The number of nitrogens with zero attached hydrogens (tertiary/aromatic N) is 5. The quantitative estimate of drug-likeness (QED) is 0.767. The van der Waals surface area contributed by atoms with Gasteiger partial charge in [-0.3, -0.25) is 19.3 Å². The summed E-state index contributed by atoms with van der Waals surface area (Å²) in [6.07, 6.45) is 0.516.